The largest absolute Gasteiger partial charge is 0.507 e. The van der Waals surface area contributed by atoms with E-state index in [9.17, 15) is 9.90 Å². The van der Waals surface area contributed by atoms with Crippen LogP contribution in [0.3, 0.4) is 0 Å². The summed E-state index contributed by atoms with van der Waals surface area (Å²) in [4.78, 5) is 11.9. The van der Waals surface area contributed by atoms with Gasteiger partial charge in [0.2, 0.25) is 0 Å². The Morgan fingerprint density at radius 3 is 2.60 bits per heavy atom. The molecule has 0 saturated heterocycles. The number of aromatic hydroxyl groups is 1. The van der Waals surface area contributed by atoms with Gasteiger partial charge in [0.1, 0.15) is 11.5 Å². The number of carbonyl (C=O) groups excluding carboxylic acids is 1. The van der Waals surface area contributed by atoms with Crippen LogP contribution in [-0.2, 0) is 4.79 Å². The lowest BCUT2D eigenvalue weighted by Gasteiger charge is -2.06. The molecule has 7 nitrogen and oxygen atoms in total. The predicted octanol–water partition coefficient (Wildman–Crippen LogP) is 5.30. The van der Waals surface area contributed by atoms with E-state index in [1.54, 1.807) is 30.3 Å². The van der Waals surface area contributed by atoms with Crippen molar-refractivity contribution in [1.29, 1.82) is 0 Å². The van der Waals surface area contributed by atoms with Crippen LogP contribution in [-0.4, -0.2) is 23.8 Å². The number of nitrogens with zero attached hydrogens (tertiary/aromatic N) is 3. The molecule has 0 fully saturated rings. The number of nitrogens with one attached hydrogen (secondary N) is 1. The number of hydrogen-bond acceptors (Lipinski definition) is 6. The van der Waals surface area contributed by atoms with Crippen molar-refractivity contribution >= 4 is 35.1 Å². The van der Waals surface area contributed by atoms with E-state index in [2.05, 4.69) is 20.8 Å². The van der Waals surface area contributed by atoms with Crippen molar-refractivity contribution in [2.45, 2.75) is 6.92 Å². The van der Waals surface area contributed by atoms with Gasteiger partial charge in [-0.05, 0) is 61.0 Å². The van der Waals surface area contributed by atoms with Crippen LogP contribution >= 0.6 is 11.6 Å². The molecule has 0 radical (unpaired) electrons. The number of hydrogen-bond donors (Lipinski definition) is 2. The number of ether oxygens (including phenoxy) is 1. The lowest BCUT2D eigenvalue weighted by Crippen LogP contribution is -2.24. The van der Waals surface area contributed by atoms with Crippen LogP contribution in [0, 0.1) is 6.92 Å². The molecule has 0 atom stereocenters. The molecule has 152 valence electrons. The highest BCUT2D eigenvalue weighted by Crippen LogP contribution is 2.24. The fraction of sp³-hybridized carbons (Fsp3) is 0.0909. The third-order valence-corrected chi connectivity index (χ3v) is 4.36. The molecule has 30 heavy (non-hydrogen) atoms. The predicted molar refractivity (Wildman–Crippen MR) is 116 cm³/mol. The molecule has 0 aliphatic rings. The Morgan fingerprint density at radius 1 is 1.07 bits per heavy atom. The third-order valence-electron chi connectivity index (χ3n) is 3.94. The lowest BCUT2D eigenvalue weighted by molar-refractivity contribution is -0.123. The molecule has 0 spiro atoms. The van der Waals surface area contributed by atoms with Gasteiger partial charge in [0, 0.05) is 10.6 Å². The molecule has 0 aliphatic heterocycles. The molecule has 0 bridgehead atoms. The third kappa shape index (κ3) is 6.15. The van der Waals surface area contributed by atoms with E-state index in [1.807, 2.05) is 37.3 Å². The molecule has 0 saturated carbocycles. The Labute approximate surface area is 178 Å². The molecule has 3 aromatic rings. The van der Waals surface area contributed by atoms with Gasteiger partial charge in [-0.3, -0.25) is 4.79 Å². The minimum Gasteiger partial charge on any atom is -0.507 e. The number of phenols is 1. The summed E-state index contributed by atoms with van der Waals surface area (Å²) in [7, 11) is 0. The maximum Gasteiger partial charge on any atom is 0.277 e. The Hall–Kier alpha value is -3.71. The summed E-state index contributed by atoms with van der Waals surface area (Å²) in [6.07, 6.45) is 1.32. The minimum absolute atomic E-state index is 0.000417. The zero-order chi connectivity index (χ0) is 21.3. The Morgan fingerprint density at radius 2 is 1.83 bits per heavy atom. The average molecular weight is 423 g/mol. The van der Waals surface area contributed by atoms with E-state index < -0.39 is 5.91 Å². The maximum atomic E-state index is 11.9. The summed E-state index contributed by atoms with van der Waals surface area (Å²) in [6.45, 7) is 1.63. The number of aryl methyl sites for hydroxylation is 1. The van der Waals surface area contributed by atoms with Crippen molar-refractivity contribution in [2.75, 3.05) is 6.61 Å². The zero-order valence-electron chi connectivity index (χ0n) is 16.1. The highest BCUT2D eigenvalue weighted by Gasteiger charge is 2.04. The summed E-state index contributed by atoms with van der Waals surface area (Å²) in [5.74, 6) is 0.0861. The van der Waals surface area contributed by atoms with Crippen LogP contribution < -0.4 is 10.2 Å². The van der Waals surface area contributed by atoms with E-state index in [1.165, 1.54) is 12.3 Å². The fourth-order valence-electron chi connectivity index (χ4n) is 2.38. The van der Waals surface area contributed by atoms with Crippen molar-refractivity contribution in [3.05, 3.63) is 82.9 Å². The van der Waals surface area contributed by atoms with E-state index in [0.717, 1.165) is 5.56 Å². The second-order valence-electron chi connectivity index (χ2n) is 6.27. The van der Waals surface area contributed by atoms with Gasteiger partial charge in [0.05, 0.1) is 17.6 Å². The number of carbonyl (C=O) groups is 1. The van der Waals surface area contributed by atoms with Gasteiger partial charge in [-0.1, -0.05) is 29.8 Å². The van der Waals surface area contributed by atoms with Crippen LogP contribution in [0.4, 0.5) is 11.4 Å². The first-order chi connectivity index (χ1) is 14.5. The molecule has 0 unspecified atom stereocenters. The number of phenolic OH excluding ortho intramolecular Hbond substituents is 1. The van der Waals surface area contributed by atoms with E-state index in [-0.39, 0.29) is 12.4 Å². The van der Waals surface area contributed by atoms with Crippen molar-refractivity contribution < 1.29 is 14.6 Å². The Balaban J connectivity index is 1.56. The van der Waals surface area contributed by atoms with E-state index >= 15 is 0 Å². The number of benzene rings is 3. The van der Waals surface area contributed by atoms with Gasteiger partial charge in [0.25, 0.3) is 5.91 Å². The summed E-state index contributed by atoms with van der Waals surface area (Å²) < 4.78 is 5.40. The summed E-state index contributed by atoms with van der Waals surface area (Å²) in [6, 6.07) is 19.1. The second kappa shape index (κ2) is 10.2. The molecule has 3 aromatic carbocycles. The highest BCUT2D eigenvalue weighted by molar-refractivity contribution is 6.31. The molecular formula is C22H19ClN4O3. The summed E-state index contributed by atoms with van der Waals surface area (Å²) >= 11 is 5.96. The highest BCUT2D eigenvalue weighted by atomic mass is 35.5. The standard InChI is InChI=1S/C22H19ClN4O3/c1-15-11-19(8-9-20(15)23)30-14-22(29)27-24-13-16-12-18(7-10-21(16)28)26-25-17-5-3-2-4-6-17/h2-13,28H,14H2,1H3,(H,27,29)/b24-13-,26-25?. The molecule has 8 heteroatoms. The minimum atomic E-state index is -0.446. The number of azo groups is 1. The first-order valence-corrected chi connectivity index (χ1v) is 9.40. The van der Waals surface area contributed by atoms with Gasteiger partial charge >= 0.3 is 0 Å². The normalized spacial score (nSPS) is 11.1. The Kier molecular flexibility index (Phi) is 7.13. The van der Waals surface area contributed by atoms with Crippen molar-refractivity contribution in [3.8, 4) is 11.5 Å². The summed E-state index contributed by atoms with van der Waals surface area (Å²) in [5, 5.41) is 22.7. The van der Waals surface area contributed by atoms with Crippen molar-refractivity contribution in [1.82, 2.24) is 5.43 Å². The first kappa shape index (κ1) is 21.0. The Bertz CT molecular complexity index is 1080. The van der Waals surface area contributed by atoms with Gasteiger partial charge in [-0.2, -0.15) is 15.3 Å². The number of rotatable bonds is 7. The quantitative estimate of drug-likeness (QED) is 0.307. The van der Waals surface area contributed by atoms with Crippen molar-refractivity contribution in [2.24, 2.45) is 15.3 Å². The van der Waals surface area contributed by atoms with Gasteiger partial charge in [0.15, 0.2) is 6.61 Å². The topological polar surface area (TPSA) is 95.6 Å². The molecule has 0 aliphatic carbocycles. The fourth-order valence-corrected chi connectivity index (χ4v) is 2.50. The lowest BCUT2D eigenvalue weighted by atomic mass is 10.2. The van der Waals surface area contributed by atoms with Gasteiger partial charge < -0.3 is 9.84 Å². The average Bonchev–Trinajstić information content (AvgIpc) is 2.75. The van der Waals surface area contributed by atoms with Crippen LogP contribution in [0.2, 0.25) is 5.02 Å². The van der Waals surface area contributed by atoms with Crippen molar-refractivity contribution in [3.63, 3.8) is 0 Å². The van der Waals surface area contributed by atoms with Crippen LogP contribution in [0.15, 0.2) is 82.1 Å². The monoisotopic (exact) mass is 422 g/mol. The molecule has 3 rings (SSSR count). The van der Waals surface area contributed by atoms with Gasteiger partial charge in [-0.15, -0.1) is 0 Å². The smallest absolute Gasteiger partial charge is 0.277 e. The maximum absolute atomic E-state index is 11.9. The van der Waals surface area contributed by atoms with E-state index in [0.29, 0.717) is 27.7 Å². The zero-order valence-corrected chi connectivity index (χ0v) is 16.9. The molecule has 2 N–H and O–H groups in total. The first-order valence-electron chi connectivity index (χ1n) is 9.02. The van der Waals surface area contributed by atoms with E-state index in [4.69, 9.17) is 16.3 Å². The number of halogens is 1. The molecule has 0 aromatic heterocycles. The van der Waals surface area contributed by atoms with Crippen LogP contribution in [0.5, 0.6) is 11.5 Å². The molecular weight excluding hydrogens is 404 g/mol. The van der Waals surface area contributed by atoms with Crippen LogP contribution in [0.1, 0.15) is 11.1 Å². The van der Waals surface area contributed by atoms with Gasteiger partial charge in [-0.25, -0.2) is 5.43 Å². The molecule has 0 heterocycles. The molecule has 1 amide bonds. The SMILES string of the molecule is Cc1cc(OCC(=O)N/N=C\c2cc(N=Nc3ccccc3)ccc2O)ccc1Cl. The number of hydrazone groups is 1. The number of amides is 1. The summed E-state index contributed by atoms with van der Waals surface area (Å²) in [5.41, 5.74) is 4.83. The second-order valence-corrected chi connectivity index (χ2v) is 6.68. The van der Waals surface area contributed by atoms with Crippen LogP contribution in [0.25, 0.3) is 0 Å².